The summed E-state index contributed by atoms with van der Waals surface area (Å²) >= 11 is 0. The van der Waals surface area contributed by atoms with E-state index < -0.39 is 6.10 Å². The van der Waals surface area contributed by atoms with Crippen LogP contribution in [0, 0.1) is 0 Å². The van der Waals surface area contributed by atoms with Crippen molar-refractivity contribution in [2.45, 2.75) is 32.4 Å². The van der Waals surface area contributed by atoms with Crippen molar-refractivity contribution in [3.05, 3.63) is 60.2 Å². The first-order valence-electron chi connectivity index (χ1n) is 7.29. The predicted octanol–water partition coefficient (Wildman–Crippen LogP) is 2.60. The van der Waals surface area contributed by atoms with Crippen molar-refractivity contribution in [3.8, 4) is 0 Å². The Hall–Kier alpha value is -2.20. The molecule has 108 valence electrons. The van der Waals surface area contributed by atoms with E-state index in [4.69, 9.17) is 0 Å². The van der Waals surface area contributed by atoms with Crippen molar-refractivity contribution in [2.75, 3.05) is 0 Å². The molecule has 2 aromatic heterocycles. The molecule has 3 aromatic rings. The maximum Gasteiger partial charge on any atom is 0.112 e. The van der Waals surface area contributed by atoms with Gasteiger partial charge in [0.15, 0.2) is 0 Å². The molecule has 0 aliphatic rings. The molecule has 3 rings (SSSR count). The summed E-state index contributed by atoms with van der Waals surface area (Å²) in [7, 11) is 0. The molecule has 0 radical (unpaired) electrons. The third-order valence-corrected chi connectivity index (χ3v) is 3.66. The molecule has 0 fully saturated rings. The van der Waals surface area contributed by atoms with Crippen molar-refractivity contribution in [3.63, 3.8) is 0 Å². The lowest BCUT2D eigenvalue weighted by atomic mass is 10.1. The number of benzene rings is 1. The van der Waals surface area contributed by atoms with Crippen molar-refractivity contribution >= 4 is 11.0 Å². The minimum absolute atomic E-state index is 0.448. The van der Waals surface area contributed by atoms with Crippen LogP contribution in [0.1, 0.15) is 18.3 Å². The minimum atomic E-state index is -0.448. The minimum Gasteiger partial charge on any atom is -0.392 e. The van der Waals surface area contributed by atoms with Gasteiger partial charge in [0.2, 0.25) is 0 Å². The predicted molar refractivity (Wildman–Crippen MR) is 83.1 cm³/mol. The highest BCUT2D eigenvalue weighted by Gasteiger charge is 2.14. The van der Waals surface area contributed by atoms with Crippen LogP contribution >= 0.6 is 0 Å². The van der Waals surface area contributed by atoms with Crippen LogP contribution in [0.25, 0.3) is 11.0 Å². The topological polar surface area (TPSA) is 50.9 Å². The monoisotopic (exact) mass is 281 g/mol. The molecule has 0 saturated heterocycles. The number of para-hydroxylation sites is 2. The summed E-state index contributed by atoms with van der Waals surface area (Å²) in [4.78, 5) is 8.73. The van der Waals surface area contributed by atoms with Crippen LogP contribution in [0.15, 0.2) is 48.8 Å². The number of hydrogen-bond donors (Lipinski definition) is 1. The van der Waals surface area contributed by atoms with Gasteiger partial charge < -0.3 is 9.67 Å². The maximum atomic E-state index is 10.3. The Morgan fingerprint density at radius 3 is 2.76 bits per heavy atom. The Morgan fingerprint density at radius 2 is 2.00 bits per heavy atom. The molecular weight excluding hydrogens is 262 g/mol. The number of imidazole rings is 1. The number of aryl methyl sites for hydroxylation is 1. The number of aromatic nitrogens is 3. The van der Waals surface area contributed by atoms with Gasteiger partial charge in [0.25, 0.3) is 0 Å². The van der Waals surface area contributed by atoms with Gasteiger partial charge in [-0.1, -0.05) is 18.2 Å². The maximum absolute atomic E-state index is 10.3. The first-order chi connectivity index (χ1) is 10.3. The molecule has 4 nitrogen and oxygen atoms in total. The fourth-order valence-electron chi connectivity index (χ4n) is 2.71. The van der Waals surface area contributed by atoms with Crippen LogP contribution in [-0.4, -0.2) is 25.7 Å². The largest absolute Gasteiger partial charge is 0.392 e. The highest BCUT2D eigenvalue weighted by atomic mass is 16.3. The van der Waals surface area contributed by atoms with Gasteiger partial charge in [0.1, 0.15) is 5.82 Å². The number of nitrogens with zero attached hydrogens (tertiary/aromatic N) is 3. The van der Waals surface area contributed by atoms with Crippen LogP contribution in [0.2, 0.25) is 0 Å². The van der Waals surface area contributed by atoms with E-state index in [1.54, 1.807) is 12.4 Å². The fraction of sp³-hybridized carbons (Fsp3) is 0.294. The number of pyridine rings is 1. The van der Waals surface area contributed by atoms with Crippen molar-refractivity contribution in [1.82, 2.24) is 14.5 Å². The van der Waals surface area contributed by atoms with E-state index in [0.717, 1.165) is 29.0 Å². The summed E-state index contributed by atoms with van der Waals surface area (Å²) in [6.45, 7) is 2.96. The van der Waals surface area contributed by atoms with E-state index in [1.165, 1.54) is 0 Å². The quantitative estimate of drug-likeness (QED) is 0.782. The third-order valence-electron chi connectivity index (χ3n) is 3.66. The SMILES string of the molecule is CCn1c(CC(O)Cc2cccnc2)nc2ccccc21. The van der Waals surface area contributed by atoms with Crippen LogP contribution in [0.3, 0.4) is 0 Å². The normalized spacial score (nSPS) is 12.7. The van der Waals surface area contributed by atoms with Gasteiger partial charge in [0.05, 0.1) is 17.1 Å². The molecule has 4 heteroatoms. The molecule has 0 amide bonds. The number of fused-ring (bicyclic) bond motifs is 1. The number of hydrogen-bond acceptors (Lipinski definition) is 3. The van der Waals surface area contributed by atoms with Gasteiger partial charge in [-0.05, 0) is 30.7 Å². The first-order valence-corrected chi connectivity index (χ1v) is 7.29. The van der Waals surface area contributed by atoms with Crippen molar-refractivity contribution in [1.29, 1.82) is 0 Å². The molecule has 1 aromatic carbocycles. The molecular formula is C17H19N3O. The van der Waals surface area contributed by atoms with E-state index in [1.807, 2.05) is 30.3 Å². The molecule has 0 aliphatic heterocycles. The van der Waals surface area contributed by atoms with E-state index in [9.17, 15) is 5.11 Å². The summed E-state index contributed by atoms with van der Waals surface area (Å²) in [5.41, 5.74) is 3.16. The average molecular weight is 281 g/mol. The fourth-order valence-corrected chi connectivity index (χ4v) is 2.71. The molecule has 0 saturated carbocycles. The third kappa shape index (κ3) is 2.95. The molecule has 0 spiro atoms. The smallest absolute Gasteiger partial charge is 0.112 e. The van der Waals surface area contributed by atoms with Crippen LogP contribution in [0.4, 0.5) is 0 Å². The van der Waals surface area contributed by atoms with Gasteiger partial charge in [-0.3, -0.25) is 4.98 Å². The molecule has 0 bridgehead atoms. The zero-order chi connectivity index (χ0) is 14.7. The lowest BCUT2D eigenvalue weighted by Gasteiger charge is -2.11. The zero-order valence-electron chi connectivity index (χ0n) is 12.1. The first kappa shape index (κ1) is 13.8. The van der Waals surface area contributed by atoms with Gasteiger partial charge in [-0.2, -0.15) is 0 Å². The molecule has 0 aliphatic carbocycles. The Morgan fingerprint density at radius 1 is 1.14 bits per heavy atom. The number of aliphatic hydroxyl groups is 1. The lowest BCUT2D eigenvalue weighted by Crippen LogP contribution is -2.17. The molecule has 2 heterocycles. The second-order valence-electron chi connectivity index (χ2n) is 5.18. The van der Waals surface area contributed by atoms with E-state index in [2.05, 4.69) is 27.5 Å². The summed E-state index contributed by atoms with van der Waals surface area (Å²) in [6, 6.07) is 12.0. The second kappa shape index (κ2) is 6.06. The Labute approximate surface area is 124 Å². The summed E-state index contributed by atoms with van der Waals surface area (Å²) < 4.78 is 2.17. The molecule has 1 atom stereocenters. The average Bonchev–Trinajstić information content (AvgIpc) is 2.85. The summed E-state index contributed by atoms with van der Waals surface area (Å²) in [5.74, 6) is 0.940. The zero-order valence-corrected chi connectivity index (χ0v) is 12.1. The van der Waals surface area contributed by atoms with Gasteiger partial charge in [-0.15, -0.1) is 0 Å². The van der Waals surface area contributed by atoms with Crippen LogP contribution in [-0.2, 0) is 19.4 Å². The van der Waals surface area contributed by atoms with Gasteiger partial charge in [-0.25, -0.2) is 4.98 Å². The van der Waals surface area contributed by atoms with Crippen molar-refractivity contribution in [2.24, 2.45) is 0 Å². The Balaban J connectivity index is 1.81. The summed E-state index contributed by atoms with van der Waals surface area (Å²) in [6.07, 6.45) is 4.24. The molecule has 1 unspecified atom stereocenters. The second-order valence-corrected chi connectivity index (χ2v) is 5.18. The molecule has 1 N–H and O–H groups in total. The van der Waals surface area contributed by atoms with Gasteiger partial charge >= 0.3 is 0 Å². The van der Waals surface area contributed by atoms with E-state index in [0.29, 0.717) is 12.8 Å². The van der Waals surface area contributed by atoms with E-state index in [-0.39, 0.29) is 0 Å². The Bertz CT molecular complexity index is 721. The highest BCUT2D eigenvalue weighted by molar-refractivity contribution is 5.75. The standard InChI is InChI=1S/C17H19N3O/c1-2-20-16-8-4-3-7-15(16)19-17(20)11-14(21)10-13-6-5-9-18-12-13/h3-9,12,14,21H,2,10-11H2,1H3. The number of rotatable bonds is 5. The highest BCUT2D eigenvalue weighted by Crippen LogP contribution is 2.17. The van der Waals surface area contributed by atoms with Gasteiger partial charge in [0, 0.05) is 31.8 Å². The van der Waals surface area contributed by atoms with Crippen molar-refractivity contribution < 1.29 is 5.11 Å². The van der Waals surface area contributed by atoms with Crippen LogP contribution < -0.4 is 0 Å². The molecule has 21 heavy (non-hydrogen) atoms. The Kier molecular flexibility index (Phi) is 3.97. The summed E-state index contributed by atoms with van der Waals surface area (Å²) in [5, 5.41) is 10.3. The number of aliphatic hydroxyl groups excluding tert-OH is 1. The van der Waals surface area contributed by atoms with Crippen LogP contribution in [0.5, 0.6) is 0 Å². The van der Waals surface area contributed by atoms with E-state index >= 15 is 0 Å². The lowest BCUT2D eigenvalue weighted by molar-refractivity contribution is 0.171.